The largest absolute Gasteiger partial charge is 0.393 e. The molecule has 2 aliphatic rings. The topological polar surface area (TPSA) is 69.6 Å². The molecule has 124 valence electrons. The lowest BCUT2D eigenvalue weighted by molar-refractivity contribution is -0.133. The molecule has 2 amide bonds. The molecule has 0 spiro atoms. The molecule has 1 aliphatic heterocycles. The van der Waals surface area contributed by atoms with Gasteiger partial charge >= 0.3 is 0 Å². The smallest absolute Gasteiger partial charge is 0.239 e. The van der Waals surface area contributed by atoms with Crippen molar-refractivity contribution in [3.05, 3.63) is 35.9 Å². The maximum absolute atomic E-state index is 12.3. The minimum atomic E-state index is -0.240. The standard InChI is InChI=1S/C18H24N2O3/c21-15-10-14(11-15)16(9-13-5-2-1-3-6-13)19-17(22)12-20-8-4-7-18(20)23/h1-3,5-6,14-16,21H,4,7-12H2,(H,19,22)/t14?,15?,16-/m1/s1. The van der Waals surface area contributed by atoms with Crippen LogP contribution < -0.4 is 5.32 Å². The van der Waals surface area contributed by atoms with Crippen LogP contribution in [-0.4, -0.2) is 47.1 Å². The van der Waals surface area contributed by atoms with E-state index < -0.39 is 0 Å². The first kappa shape index (κ1) is 16.0. The van der Waals surface area contributed by atoms with E-state index in [1.165, 1.54) is 5.56 Å². The van der Waals surface area contributed by atoms with Crippen molar-refractivity contribution in [1.29, 1.82) is 0 Å². The van der Waals surface area contributed by atoms with Gasteiger partial charge in [-0.1, -0.05) is 30.3 Å². The van der Waals surface area contributed by atoms with Gasteiger partial charge in [0.05, 0.1) is 12.6 Å². The molecule has 2 fully saturated rings. The maximum atomic E-state index is 12.3. The van der Waals surface area contributed by atoms with E-state index in [-0.39, 0.29) is 30.5 Å². The fourth-order valence-corrected chi connectivity index (χ4v) is 3.46. The number of carbonyl (C=O) groups is 2. The monoisotopic (exact) mass is 316 g/mol. The Hall–Kier alpha value is -1.88. The molecule has 1 saturated heterocycles. The number of nitrogens with zero attached hydrogens (tertiary/aromatic N) is 1. The van der Waals surface area contributed by atoms with E-state index in [0.717, 1.165) is 25.7 Å². The first-order valence-electron chi connectivity index (χ1n) is 8.41. The summed E-state index contributed by atoms with van der Waals surface area (Å²) in [5.41, 5.74) is 1.18. The van der Waals surface area contributed by atoms with Gasteiger partial charge in [0.2, 0.25) is 11.8 Å². The van der Waals surface area contributed by atoms with Crippen molar-refractivity contribution in [3.63, 3.8) is 0 Å². The SMILES string of the molecule is O=C(CN1CCCC1=O)N[C@H](Cc1ccccc1)C1CC(O)C1. The van der Waals surface area contributed by atoms with Crippen molar-refractivity contribution in [3.8, 4) is 0 Å². The Labute approximate surface area is 136 Å². The van der Waals surface area contributed by atoms with Crippen LogP contribution in [0.3, 0.4) is 0 Å². The van der Waals surface area contributed by atoms with E-state index in [4.69, 9.17) is 0 Å². The van der Waals surface area contributed by atoms with Gasteiger partial charge < -0.3 is 15.3 Å². The summed E-state index contributed by atoms with van der Waals surface area (Å²) in [6.07, 6.45) is 3.39. The van der Waals surface area contributed by atoms with E-state index in [1.54, 1.807) is 4.90 Å². The zero-order valence-corrected chi connectivity index (χ0v) is 13.3. The summed E-state index contributed by atoms with van der Waals surface area (Å²) >= 11 is 0. The van der Waals surface area contributed by atoms with E-state index in [0.29, 0.717) is 18.9 Å². The molecule has 1 aromatic rings. The van der Waals surface area contributed by atoms with Gasteiger partial charge in [0, 0.05) is 19.0 Å². The van der Waals surface area contributed by atoms with Crippen molar-refractivity contribution in [2.24, 2.45) is 5.92 Å². The average Bonchev–Trinajstić information content (AvgIpc) is 2.89. The molecule has 5 nitrogen and oxygen atoms in total. The highest BCUT2D eigenvalue weighted by molar-refractivity contribution is 5.86. The number of nitrogens with one attached hydrogen (secondary N) is 1. The minimum absolute atomic E-state index is 0.0194. The molecule has 0 unspecified atom stereocenters. The van der Waals surface area contributed by atoms with Gasteiger partial charge in [-0.3, -0.25) is 9.59 Å². The van der Waals surface area contributed by atoms with Crippen LogP contribution in [0.4, 0.5) is 0 Å². The number of aliphatic hydroxyl groups excluding tert-OH is 1. The third-order valence-corrected chi connectivity index (χ3v) is 4.87. The molecule has 0 aromatic heterocycles. The lowest BCUT2D eigenvalue weighted by atomic mass is 9.75. The van der Waals surface area contributed by atoms with Crippen molar-refractivity contribution in [1.82, 2.24) is 10.2 Å². The van der Waals surface area contributed by atoms with Crippen molar-refractivity contribution in [2.45, 2.75) is 44.2 Å². The number of benzene rings is 1. The summed E-state index contributed by atoms with van der Waals surface area (Å²) in [6, 6.07) is 10.1. The first-order chi connectivity index (χ1) is 11.1. The van der Waals surface area contributed by atoms with Gasteiger partial charge in [-0.25, -0.2) is 0 Å². The highest BCUT2D eigenvalue weighted by atomic mass is 16.3. The summed E-state index contributed by atoms with van der Waals surface area (Å²) in [7, 11) is 0. The number of likely N-dealkylation sites (tertiary alicyclic amines) is 1. The number of hydrogen-bond acceptors (Lipinski definition) is 3. The Morgan fingerprint density at radius 3 is 2.65 bits per heavy atom. The Morgan fingerprint density at radius 2 is 2.04 bits per heavy atom. The second kappa shape index (κ2) is 7.13. The number of hydrogen-bond donors (Lipinski definition) is 2. The molecule has 5 heteroatoms. The van der Waals surface area contributed by atoms with Crippen LogP contribution in [0.15, 0.2) is 30.3 Å². The minimum Gasteiger partial charge on any atom is -0.393 e. The summed E-state index contributed by atoms with van der Waals surface area (Å²) in [6.45, 7) is 0.831. The fourth-order valence-electron chi connectivity index (χ4n) is 3.46. The number of rotatable bonds is 6. The van der Waals surface area contributed by atoms with E-state index in [9.17, 15) is 14.7 Å². The van der Waals surface area contributed by atoms with Crippen molar-refractivity contribution in [2.75, 3.05) is 13.1 Å². The average molecular weight is 316 g/mol. The third-order valence-electron chi connectivity index (χ3n) is 4.87. The molecule has 0 radical (unpaired) electrons. The second-order valence-electron chi connectivity index (χ2n) is 6.67. The predicted molar refractivity (Wildman–Crippen MR) is 86.6 cm³/mol. The highest BCUT2D eigenvalue weighted by Gasteiger charge is 2.35. The molecular weight excluding hydrogens is 292 g/mol. The van der Waals surface area contributed by atoms with Crippen molar-refractivity contribution >= 4 is 11.8 Å². The lowest BCUT2D eigenvalue weighted by Gasteiger charge is -2.38. The molecule has 23 heavy (non-hydrogen) atoms. The summed E-state index contributed by atoms with van der Waals surface area (Å²) in [5.74, 6) is 0.282. The van der Waals surface area contributed by atoms with Crippen LogP contribution in [0.1, 0.15) is 31.2 Å². The van der Waals surface area contributed by atoms with Crippen LogP contribution in [-0.2, 0) is 16.0 Å². The Morgan fingerprint density at radius 1 is 1.30 bits per heavy atom. The molecule has 1 heterocycles. The van der Waals surface area contributed by atoms with E-state index in [2.05, 4.69) is 17.4 Å². The summed E-state index contributed by atoms with van der Waals surface area (Å²) in [4.78, 5) is 25.6. The normalized spacial score (nSPS) is 25.1. The van der Waals surface area contributed by atoms with Gasteiger partial charge in [0.1, 0.15) is 0 Å². The van der Waals surface area contributed by atoms with Crippen LogP contribution >= 0.6 is 0 Å². The van der Waals surface area contributed by atoms with Crippen LogP contribution in [0.25, 0.3) is 0 Å². The Bertz CT molecular complexity index is 555. The number of amides is 2. The molecular formula is C18H24N2O3. The third kappa shape index (κ3) is 4.10. The van der Waals surface area contributed by atoms with Gasteiger partial charge in [0.25, 0.3) is 0 Å². The highest BCUT2D eigenvalue weighted by Crippen LogP contribution is 2.31. The lowest BCUT2D eigenvalue weighted by Crippen LogP contribution is -2.50. The second-order valence-corrected chi connectivity index (χ2v) is 6.67. The van der Waals surface area contributed by atoms with E-state index >= 15 is 0 Å². The van der Waals surface area contributed by atoms with Gasteiger partial charge in [-0.05, 0) is 37.2 Å². The predicted octanol–water partition coefficient (Wildman–Crippen LogP) is 1.11. The maximum Gasteiger partial charge on any atom is 0.239 e. The first-order valence-corrected chi connectivity index (χ1v) is 8.41. The Kier molecular flexibility index (Phi) is 4.96. The molecule has 1 saturated carbocycles. The quantitative estimate of drug-likeness (QED) is 0.826. The molecule has 1 aromatic carbocycles. The molecule has 1 aliphatic carbocycles. The number of carbonyl (C=O) groups excluding carboxylic acids is 2. The van der Waals surface area contributed by atoms with Crippen molar-refractivity contribution < 1.29 is 14.7 Å². The molecule has 0 bridgehead atoms. The van der Waals surface area contributed by atoms with E-state index in [1.807, 2.05) is 18.2 Å². The Balaban J connectivity index is 1.59. The fraction of sp³-hybridized carbons (Fsp3) is 0.556. The summed E-state index contributed by atoms with van der Waals surface area (Å²) in [5, 5.41) is 12.7. The zero-order chi connectivity index (χ0) is 16.2. The number of aliphatic hydroxyl groups is 1. The zero-order valence-electron chi connectivity index (χ0n) is 13.3. The molecule has 1 atom stereocenters. The molecule has 2 N–H and O–H groups in total. The van der Waals surface area contributed by atoms with Gasteiger partial charge in [-0.2, -0.15) is 0 Å². The molecule has 3 rings (SSSR count). The van der Waals surface area contributed by atoms with Gasteiger partial charge in [0.15, 0.2) is 0 Å². The van der Waals surface area contributed by atoms with Gasteiger partial charge in [-0.15, -0.1) is 0 Å². The summed E-state index contributed by atoms with van der Waals surface area (Å²) < 4.78 is 0. The van der Waals surface area contributed by atoms with Crippen LogP contribution in [0.5, 0.6) is 0 Å². The van der Waals surface area contributed by atoms with Crippen LogP contribution in [0.2, 0.25) is 0 Å². The van der Waals surface area contributed by atoms with Crippen LogP contribution in [0, 0.1) is 5.92 Å².